The first-order valence-electron chi connectivity index (χ1n) is 9.08. The summed E-state index contributed by atoms with van der Waals surface area (Å²) in [6.07, 6.45) is 8.49. The quantitative estimate of drug-likeness (QED) is 0.842. The molecule has 21 heavy (non-hydrogen) atoms. The standard InChI is InChI=1S/C18H34N2O/c1-14(2)9-10-19-17-11-15(3)12-20(13-17)18(21)16-7-5-4-6-8-16/h14-17,19H,4-13H2,1-3H3. The molecule has 2 unspecified atom stereocenters. The summed E-state index contributed by atoms with van der Waals surface area (Å²) in [4.78, 5) is 14.9. The van der Waals surface area contributed by atoms with E-state index in [0.29, 0.717) is 23.8 Å². The molecule has 3 heteroatoms. The Balaban J connectivity index is 1.83. The molecule has 1 aliphatic heterocycles. The van der Waals surface area contributed by atoms with Crippen LogP contribution >= 0.6 is 0 Å². The fraction of sp³-hybridized carbons (Fsp3) is 0.944. The van der Waals surface area contributed by atoms with Gasteiger partial charge in [0.1, 0.15) is 0 Å². The average Bonchev–Trinajstić information content (AvgIpc) is 2.46. The summed E-state index contributed by atoms with van der Waals surface area (Å²) in [5.41, 5.74) is 0. The second kappa shape index (κ2) is 8.17. The third-order valence-electron chi connectivity index (χ3n) is 5.08. The van der Waals surface area contributed by atoms with Gasteiger partial charge in [0.05, 0.1) is 0 Å². The van der Waals surface area contributed by atoms with Crippen LogP contribution in [0.4, 0.5) is 0 Å². The molecular weight excluding hydrogens is 260 g/mol. The molecule has 2 aliphatic rings. The van der Waals surface area contributed by atoms with Crippen LogP contribution in [-0.2, 0) is 4.79 Å². The Kier molecular flexibility index (Phi) is 6.53. The molecule has 2 atom stereocenters. The fourth-order valence-electron chi connectivity index (χ4n) is 3.86. The van der Waals surface area contributed by atoms with Gasteiger partial charge < -0.3 is 10.2 Å². The van der Waals surface area contributed by atoms with E-state index in [1.165, 1.54) is 32.1 Å². The van der Waals surface area contributed by atoms with Crippen molar-refractivity contribution in [3.8, 4) is 0 Å². The lowest BCUT2D eigenvalue weighted by atomic mass is 9.87. The number of rotatable bonds is 5. The second-order valence-electron chi connectivity index (χ2n) is 7.75. The van der Waals surface area contributed by atoms with Crippen LogP contribution in [-0.4, -0.2) is 36.5 Å². The number of piperidine rings is 1. The van der Waals surface area contributed by atoms with Crippen LogP contribution in [0, 0.1) is 17.8 Å². The molecule has 2 fully saturated rings. The van der Waals surface area contributed by atoms with Crippen molar-refractivity contribution < 1.29 is 4.79 Å². The molecule has 2 rings (SSSR count). The summed E-state index contributed by atoms with van der Waals surface area (Å²) >= 11 is 0. The van der Waals surface area contributed by atoms with E-state index < -0.39 is 0 Å². The Labute approximate surface area is 130 Å². The minimum atomic E-state index is 0.320. The van der Waals surface area contributed by atoms with E-state index in [0.717, 1.165) is 38.4 Å². The molecule has 1 aliphatic carbocycles. The average molecular weight is 294 g/mol. The van der Waals surface area contributed by atoms with Crippen LogP contribution in [0.5, 0.6) is 0 Å². The highest BCUT2D eigenvalue weighted by atomic mass is 16.2. The van der Waals surface area contributed by atoms with Gasteiger partial charge >= 0.3 is 0 Å². The Morgan fingerprint density at radius 1 is 1.19 bits per heavy atom. The Hall–Kier alpha value is -0.570. The molecule has 0 bridgehead atoms. The largest absolute Gasteiger partial charge is 0.341 e. The highest BCUT2D eigenvalue weighted by Gasteiger charge is 2.31. The van der Waals surface area contributed by atoms with Crippen molar-refractivity contribution in [2.24, 2.45) is 17.8 Å². The number of carbonyl (C=O) groups excluding carboxylic acids is 1. The summed E-state index contributed by atoms with van der Waals surface area (Å²) in [7, 11) is 0. The number of nitrogens with zero attached hydrogens (tertiary/aromatic N) is 1. The molecule has 0 radical (unpaired) electrons. The molecular formula is C18H34N2O. The Morgan fingerprint density at radius 3 is 2.57 bits per heavy atom. The summed E-state index contributed by atoms with van der Waals surface area (Å²) < 4.78 is 0. The van der Waals surface area contributed by atoms with E-state index in [1.54, 1.807) is 0 Å². The predicted molar refractivity (Wildman–Crippen MR) is 88.2 cm³/mol. The molecule has 1 saturated carbocycles. The molecule has 0 spiro atoms. The van der Waals surface area contributed by atoms with Gasteiger partial charge in [0.2, 0.25) is 5.91 Å². The summed E-state index contributed by atoms with van der Waals surface area (Å²) in [5.74, 6) is 2.14. The summed E-state index contributed by atoms with van der Waals surface area (Å²) in [5, 5.41) is 3.68. The first kappa shape index (κ1) is 16.8. The number of carbonyl (C=O) groups is 1. The second-order valence-corrected chi connectivity index (χ2v) is 7.75. The van der Waals surface area contributed by atoms with E-state index in [2.05, 4.69) is 31.0 Å². The number of likely N-dealkylation sites (tertiary alicyclic amines) is 1. The molecule has 1 N–H and O–H groups in total. The Bertz CT molecular complexity index is 323. The molecule has 1 amide bonds. The molecule has 0 aromatic heterocycles. The van der Waals surface area contributed by atoms with E-state index in [9.17, 15) is 4.79 Å². The van der Waals surface area contributed by atoms with Crippen molar-refractivity contribution in [3.05, 3.63) is 0 Å². The van der Waals surface area contributed by atoms with Crippen molar-refractivity contribution >= 4 is 5.91 Å². The van der Waals surface area contributed by atoms with Crippen molar-refractivity contribution in [2.75, 3.05) is 19.6 Å². The van der Waals surface area contributed by atoms with E-state index in [1.807, 2.05) is 0 Å². The lowest BCUT2D eigenvalue weighted by molar-refractivity contribution is -0.138. The van der Waals surface area contributed by atoms with Gasteiger partial charge in [0, 0.05) is 25.0 Å². The zero-order valence-corrected chi connectivity index (χ0v) is 14.2. The number of hydrogen-bond donors (Lipinski definition) is 1. The maximum Gasteiger partial charge on any atom is 0.225 e. The normalized spacial score (nSPS) is 28.1. The summed E-state index contributed by atoms with van der Waals surface area (Å²) in [6, 6.07) is 0.500. The van der Waals surface area contributed by atoms with Crippen molar-refractivity contribution in [3.63, 3.8) is 0 Å². The Morgan fingerprint density at radius 2 is 1.90 bits per heavy atom. The minimum absolute atomic E-state index is 0.320. The van der Waals surface area contributed by atoms with Gasteiger partial charge in [-0.05, 0) is 44.1 Å². The molecule has 0 aromatic carbocycles. The summed E-state index contributed by atoms with van der Waals surface area (Å²) in [6.45, 7) is 9.81. The lowest BCUT2D eigenvalue weighted by Crippen LogP contribution is -2.52. The van der Waals surface area contributed by atoms with Crippen LogP contribution in [0.3, 0.4) is 0 Å². The fourth-order valence-corrected chi connectivity index (χ4v) is 3.86. The first-order valence-corrected chi connectivity index (χ1v) is 9.08. The number of nitrogens with one attached hydrogen (secondary N) is 1. The van der Waals surface area contributed by atoms with Crippen LogP contribution in [0.2, 0.25) is 0 Å². The predicted octanol–water partition coefficient (Wildman–Crippen LogP) is 3.44. The highest BCUT2D eigenvalue weighted by Crippen LogP contribution is 2.27. The molecule has 122 valence electrons. The van der Waals surface area contributed by atoms with E-state index >= 15 is 0 Å². The van der Waals surface area contributed by atoms with Gasteiger partial charge in [0.15, 0.2) is 0 Å². The van der Waals surface area contributed by atoms with Crippen LogP contribution < -0.4 is 5.32 Å². The maximum atomic E-state index is 12.7. The third-order valence-corrected chi connectivity index (χ3v) is 5.08. The van der Waals surface area contributed by atoms with Crippen LogP contribution in [0.15, 0.2) is 0 Å². The van der Waals surface area contributed by atoms with Crippen LogP contribution in [0.25, 0.3) is 0 Å². The number of amides is 1. The molecule has 0 aromatic rings. The lowest BCUT2D eigenvalue weighted by Gasteiger charge is -2.39. The smallest absolute Gasteiger partial charge is 0.225 e. The minimum Gasteiger partial charge on any atom is -0.341 e. The zero-order valence-electron chi connectivity index (χ0n) is 14.2. The van der Waals surface area contributed by atoms with Gasteiger partial charge in [-0.1, -0.05) is 40.0 Å². The van der Waals surface area contributed by atoms with Crippen molar-refractivity contribution in [2.45, 2.75) is 71.8 Å². The van der Waals surface area contributed by atoms with Gasteiger partial charge in [-0.15, -0.1) is 0 Å². The topological polar surface area (TPSA) is 32.3 Å². The van der Waals surface area contributed by atoms with Gasteiger partial charge in [0.25, 0.3) is 0 Å². The SMILES string of the molecule is CC(C)CCNC1CC(C)CN(C(=O)C2CCCCC2)C1. The van der Waals surface area contributed by atoms with Crippen molar-refractivity contribution in [1.82, 2.24) is 10.2 Å². The van der Waals surface area contributed by atoms with Crippen molar-refractivity contribution in [1.29, 1.82) is 0 Å². The van der Waals surface area contributed by atoms with Gasteiger partial charge in [-0.2, -0.15) is 0 Å². The third kappa shape index (κ3) is 5.28. The van der Waals surface area contributed by atoms with E-state index in [-0.39, 0.29) is 0 Å². The number of hydrogen-bond acceptors (Lipinski definition) is 2. The van der Waals surface area contributed by atoms with Crippen LogP contribution in [0.1, 0.15) is 65.7 Å². The highest BCUT2D eigenvalue weighted by molar-refractivity contribution is 5.79. The molecule has 3 nitrogen and oxygen atoms in total. The van der Waals surface area contributed by atoms with Gasteiger partial charge in [-0.25, -0.2) is 0 Å². The monoisotopic (exact) mass is 294 g/mol. The van der Waals surface area contributed by atoms with Gasteiger partial charge in [-0.3, -0.25) is 4.79 Å². The first-order chi connectivity index (χ1) is 10.1. The molecule has 1 heterocycles. The zero-order chi connectivity index (χ0) is 15.2. The molecule has 1 saturated heterocycles. The van der Waals surface area contributed by atoms with E-state index in [4.69, 9.17) is 0 Å². The maximum absolute atomic E-state index is 12.7.